The smallest absolute Gasteiger partial charge is 0.270 e. The Kier molecular flexibility index (Phi) is 4.49. The molecule has 0 spiro atoms. The van der Waals surface area contributed by atoms with Gasteiger partial charge in [-0.15, -0.1) is 11.3 Å². The van der Waals surface area contributed by atoms with Crippen LogP contribution in [0.5, 0.6) is 0 Å². The number of aromatic nitrogens is 2. The number of carbonyl (C=O) groups excluding carboxylic acids is 1. The third kappa shape index (κ3) is 3.23. The van der Waals surface area contributed by atoms with E-state index < -0.39 is 0 Å². The fourth-order valence-electron chi connectivity index (χ4n) is 2.49. The number of hydrogen-bond donors (Lipinski definition) is 1. The number of rotatable bonds is 4. The summed E-state index contributed by atoms with van der Waals surface area (Å²) in [7, 11) is 1.71. The number of hydrogen-bond acceptors (Lipinski definition) is 4. The van der Waals surface area contributed by atoms with Crippen LogP contribution in [0, 0.1) is 0 Å². The highest BCUT2D eigenvalue weighted by Gasteiger charge is 2.16. The molecule has 0 bridgehead atoms. The van der Waals surface area contributed by atoms with Crippen molar-refractivity contribution in [2.75, 3.05) is 7.05 Å². The first-order valence-electron chi connectivity index (χ1n) is 7.77. The Hall–Kier alpha value is -2.47. The molecule has 1 aromatic carbocycles. The minimum atomic E-state index is -0.225. The van der Waals surface area contributed by atoms with Crippen molar-refractivity contribution in [1.82, 2.24) is 14.9 Å². The van der Waals surface area contributed by atoms with Crippen LogP contribution in [0.25, 0.3) is 10.9 Å². The van der Waals surface area contributed by atoms with E-state index in [-0.39, 0.29) is 11.3 Å². The third-order valence-electron chi connectivity index (χ3n) is 3.78. The minimum Gasteiger partial charge on any atom is -0.350 e. The molecule has 2 heterocycles. The Balaban J connectivity index is 1.83. The molecule has 0 unspecified atom stereocenters. The van der Waals surface area contributed by atoms with Crippen LogP contribution in [0.15, 0.2) is 40.5 Å². The van der Waals surface area contributed by atoms with Crippen LogP contribution in [0.4, 0.5) is 0 Å². The molecule has 0 aliphatic carbocycles. The van der Waals surface area contributed by atoms with Crippen LogP contribution in [0.1, 0.15) is 41.0 Å². The van der Waals surface area contributed by atoms with E-state index in [2.05, 4.69) is 23.8 Å². The second kappa shape index (κ2) is 6.57. The lowest BCUT2D eigenvalue weighted by atomic mass is 10.2. The predicted octanol–water partition coefficient (Wildman–Crippen LogP) is 3.38. The Morgan fingerprint density at radius 3 is 2.79 bits per heavy atom. The van der Waals surface area contributed by atoms with Gasteiger partial charge in [0.1, 0.15) is 5.69 Å². The first-order valence-corrected chi connectivity index (χ1v) is 8.65. The highest BCUT2D eigenvalue weighted by molar-refractivity contribution is 7.09. The standard InChI is InChI=1S/C18H19N3O2S/c1-11(2)17-19-12(10-24-17)9-21(3)18(23)15-8-16(22)13-6-4-5-7-14(13)20-15/h4-8,10-11H,9H2,1-3H3,(H,20,22). The topological polar surface area (TPSA) is 66.1 Å². The van der Waals surface area contributed by atoms with Crippen molar-refractivity contribution in [2.45, 2.75) is 26.3 Å². The van der Waals surface area contributed by atoms with Gasteiger partial charge in [-0.25, -0.2) is 4.98 Å². The van der Waals surface area contributed by atoms with Gasteiger partial charge in [-0.05, 0) is 12.1 Å². The maximum absolute atomic E-state index is 12.6. The van der Waals surface area contributed by atoms with Crippen LogP contribution in [0.3, 0.4) is 0 Å². The third-order valence-corrected chi connectivity index (χ3v) is 4.97. The van der Waals surface area contributed by atoms with E-state index in [1.54, 1.807) is 41.5 Å². The maximum atomic E-state index is 12.6. The molecule has 124 valence electrons. The molecule has 24 heavy (non-hydrogen) atoms. The number of pyridine rings is 1. The summed E-state index contributed by atoms with van der Waals surface area (Å²) in [5, 5.41) is 3.62. The molecule has 6 heteroatoms. The molecule has 5 nitrogen and oxygen atoms in total. The zero-order valence-corrected chi connectivity index (χ0v) is 14.7. The summed E-state index contributed by atoms with van der Waals surface area (Å²) in [4.78, 5) is 33.9. The average molecular weight is 341 g/mol. The van der Waals surface area contributed by atoms with E-state index >= 15 is 0 Å². The first-order chi connectivity index (χ1) is 11.5. The lowest BCUT2D eigenvalue weighted by molar-refractivity contribution is 0.0778. The Morgan fingerprint density at radius 2 is 2.08 bits per heavy atom. The van der Waals surface area contributed by atoms with Crippen LogP contribution in [0.2, 0.25) is 0 Å². The zero-order valence-electron chi connectivity index (χ0n) is 13.9. The van der Waals surface area contributed by atoms with Gasteiger partial charge in [0.25, 0.3) is 5.91 Å². The van der Waals surface area contributed by atoms with Crippen LogP contribution in [-0.2, 0) is 6.54 Å². The fraction of sp³-hybridized carbons (Fsp3) is 0.278. The molecule has 0 saturated heterocycles. The Morgan fingerprint density at radius 1 is 1.33 bits per heavy atom. The second-order valence-corrected chi connectivity index (χ2v) is 6.98. The number of nitrogens with zero attached hydrogens (tertiary/aromatic N) is 2. The summed E-state index contributed by atoms with van der Waals surface area (Å²) >= 11 is 1.60. The first kappa shape index (κ1) is 16.4. The summed E-state index contributed by atoms with van der Waals surface area (Å²) in [6.07, 6.45) is 0. The number of nitrogens with one attached hydrogen (secondary N) is 1. The molecule has 0 fully saturated rings. The van der Waals surface area contributed by atoms with Gasteiger partial charge < -0.3 is 9.88 Å². The molecule has 1 N–H and O–H groups in total. The van der Waals surface area contributed by atoms with E-state index in [0.717, 1.165) is 10.7 Å². The van der Waals surface area contributed by atoms with Gasteiger partial charge in [0.2, 0.25) is 0 Å². The van der Waals surface area contributed by atoms with E-state index in [4.69, 9.17) is 0 Å². The van der Waals surface area contributed by atoms with E-state index in [1.165, 1.54) is 6.07 Å². The highest BCUT2D eigenvalue weighted by atomic mass is 32.1. The molecule has 3 aromatic rings. The van der Waals surface area contributed by atoms with Gasteiger partial charge in [0.15, 0.2) is 5.43 Å². The molecule has 1 amide bonds. The normalized spacial score (nSPS) is 11.2. The monoisotopic (exact) mass is 341 g/mol. The van der Waals surface area contributed by atoms with Crippen molar-refractivity contribution in [2.24, 2.45) is 0 Å². The van der Waals surface area contributed by atoms with Crippen molar-refractivity contribution >= 4 is 28.1 Å². The average Bonchev–Trinajstić information content (AvgIpc) is 3.03. The van der Waals surface area contributed by atoms with Crippen LogP contribution >= 0.6 is 11.3 Å². The second-order valence-electron chi connectivity index (χ2n) is 6.09. The molecule has 0 aliphatic rings. The number of carbonyl (C=O) groups is 1. The van der Waals surface area contributed by atoms with E-state index in [1.807, 2.05) is 11.4 Å². The SMILES string of the molecule is CC(C)c1nc(CN(C)C(=O)c2cc(=O)c3ccccc3[nH]2)cs1. The maximum Gasteiger partial charge on any atom is 0.270 e. The Labute approximate surface area is 144 Å². The van der Waals surface area contributed by atoms with Crippen molar-refractivity contribution in [3.63, 3.8) is 0 Å². The molecule has 0 radical (unpaired) electrons. The van der Waals surface area contributed by atoms with Crippen LogP contribution in [-0.4, -0.2) is 27.8 Å². The predicted molar refractivity (Wildman–Crippen MR) is 96.6 cm³/mol. The number of aromatic amines is 1. The van der Waals surface area contributed by atoms with Crippen molar-refractivity contribution < 1.29 is 4.79 Å². The number of benzene rings is 1. The number of fused-ring (bicyclic) bond motifs is 1. The molecule has 0 atom stereocenters. The van der Waals surface area contributed by atoms with Crippen molar-refractivity contribution in [1.29, 1.82) is 0 Å². The largest absolute Gasteiger partial charge is 0.350 e. The quantitative estimate of drug-likeness (QED) is 0.791. The summed E-state index contributed by atoms with van der Waals surface area (Å²) in [5.74, 6) is 0.151. The lowest BCUT2D eigenvalue weighted by Gasteiger charge is -2.16. The molecule has 2 aromatic heterocycles. The summed E-state index contributed by atoms with van der Waals surface area (Å²) in [5.41, 5.74) is 1.66. The van der Waals surface area contributed by atoms with Gasteiger partial charge in [-0.2, -0.15) is 0 Å². The summed E-state index contributed by atoms with van der Waals surface area (Å²) in [6.45, 7) is 4.60. The van der Waals surface area contributed by atoms with Crippen molar-refractivity contribution in [3.05, 3.63) is 62.3 Å². The highest BCUT2D eigenvalue weighted by Crippen LogP contribution is 2.20. The zero-order chi connectivity index (χ0) is 17.3. The van der Waals surface area contributed by atoms with Gasteiger partial charge in [0.05, 0.1) is 17.2 Å². The fourth-order valence-corrected chi connectivity index (χ4v) is 3.32. The molecular formula is C18H19N3O2S. The Bertz CT molecular complexity index is 943. The van der Waals surface area contributed by atoms with Gasteiger partial charge >= 0.3 is 0 Å². The number of H-pyrrole nitrogens is 1. The van der Waals surface area contributed by atoms with Crippen molar-refractivity contribution in [3.8, 4) is 0 Å². The molecular weight excluding hydrogens is 322 g/mol. The molecule has 3 rings (SSSR count). The number of amides is 1. The summed E-state index contributed by atoms with van der Waals surface area (Å²) < 4.78 is 0. The van der Waals surface area contributed by atoms with Gasteiger partial charge in [-0.1, -0.05) is 26.0 Å². The minimum absolute atomic E-state index is 0.156. The molecule has 0 aliphatic heterocycles. The lowest BCUT2D eigenvalue weighted by Crippen LogP contribution is -2.28. The molecule has 0 saturated carbocycles. The number of thiazole rings is 1. The number of para-hydroxylation sites is 1. The van der Waals surface area contributed by atoms with Gasteiger partial charge in [-0.3, -0.25) is 9.59 Å². The van der Waals surface area contributed by atoms with Crippen LogP contribution < -0.4 is 5.43 Å². The van der Waals surface area contributed by atoms with E-state index in [0.29, 0.717) is 29.1 Å². The van der Waals surface area contributed by atoms with Gasteiger partial charge in [0, 0.05) is 35.3 Å². The van der Waals surface area contributed by atoms with E-state index in [9.17, 15) is 9.59 Å². The summed E-state index contributed by atoms with van der Waals surface area (Å²) in [6, 6.07) is 8.54.